The standard InChI is InChI=1S/C26H36FN3O5S2/c1-3-4-5-17-10-12-30(13-11-17)19-8-6-18(7-9-19)25-28-24(16-36-25)37(33,34)29-22-15-21(27)20(26(31)32)14-23(22)35-2/h14-19,29H,3-13H2,1-2H3,(H,31,32). The van der Waals surface area contributed by atoms with Gasteiger partial charge in [0, 0.05) is 23.4 Å². The van der Waals surface area contributed by atoms with Gasteiger partial charge >= 0.3 is 5.97 Å². The number of ether oxygens (including phenoxy) is 1. The first kappa shape index (κ1) is 27.8. The van der Waals surface area contributed by atoms with Crippen molar-refractivity contribution in [1.29, 1.82) is 0 Å². The molecule has 1 aliphatic carbocycles. The Balaban J connectivity index is 1.36. The number of piperidine rings is 1. The Morgan fingerprint density at radius 3 is 2.54 bits per heavy atom. The lowest BCUT2D eigenvalue weighted by Gasteiger charge is -2.40. The number of halogens is 1. The number of carbonyl (C=O) groups is 1. The molecule has 0 spiro atoms. The quantitative estimate of drug-likeness (QED) is 0.387. The SMILES string of the molecule is CCCCC1CCN(C2CCC(c3nc(S(=O)(=O)Nc4cc(F)c(C(=O)O)cc4OC)cs3)CC2)CC1. The molecule has 8 nitrogen and oxygen atoms in total. The fourth-order valence-electron chi connectivity index (χ4n) is 5.53. The van der Waals surface area contributed by atoms with E-state index in [9.17, 15) is 17.6 Å². The van der Waals surface area contributed by atoms with Gasteiger partial charge in [-0.3, -0.25) is 4.72 Å². The highest BCUT2D eigenvalue weighted by Crippen LogP contribution is 2.38. The van der Waals surface area contributed by atoms with E-state index in [0.717, 1.165) is 48.7 Å². The molecule has 0 bridgehead atoms. The lowest BCUT2D eigenvalue weighted by Crippen LogP contribution is -2.43. The molecule has 2 N–H and O–H groups in total. The summed E-state index contributed by atoms with van der Waals surface area (Å²) in [6.45, 7) is 4.63. The number of hydrogen-bond donors (Lipinski definition) is 2. The molecule has 0 unspecified atom stereocenters. The van der Waals surface area contributed by atoms with E-state index in [1.807, 2.05) is 0 Å². The number of carboxylic acids is 1. The van der Waals surface area contributed by atoms with Crippen molar-refractivity contribution >= 4 is 33.0 Å². The summed E-state index contributed by atoms with van der Waals surface area (Å²) in [4.78, 5) is 18.3. The molecule has 2 aromatic rings. The molecule has 11 heteroatoms. The molecule has 1 saturated carbocycles. The van der Waals surface area contributed by atoms with E-state index in [2.05, 4.69) is 21.5 Å². The number of carboxylic acid groups (broad SMARTS) is 1. The Morgan fingerprint density at radius 2 is 1.92 bits per heavy atom. The maximum atomic E-state index is 14.2. The number of thiazole rings is 1. The minimum absolute atomic E-state index is 0.0921. The van der Waals surface area contributed by atoms with Gasteiger partial charge in [0.2, 0.25) is 0 Å². The van der Waals surface area contributed by atoms with Gasteiger partial charge in [0.05, 0.1) is 23.4 Å². The Hall–Kier alpha value is -2.24. The van der Waals surface area contributed by atoms with Crippen LogP contribution < -0.4 is 9.46 Å². The maximum Gasteiger partial charge on any atom is 0.338 e. The van der Waals surface area contributed by atoms with Crippen LogP contribution in [0.25, 0.3) is 0 Å². The largest absolute Gasteiger partial charge is 0.495 e. The number of aromatic nitrogens is 1. The van der Waals surface area contributed by atoms with Gasteiger partial charge in [0.15, 0.2) is 5.03 Å². The zero-order valence-electron chi connectivity index (χ0n) is 21.4. The second-order valence-electron chi connectivity index (χ2n) is 10.1. The third-order valence-corrected chi connectivity index (χ3v) is 10.1. The molecule has 0 atom stereocenters. The summed E-state index contributed by atoms with van der Waals surface area (Å²) < 4.78 is 47.5. The number of anilines is 1. The van der Waals surface area contributed by atoms with E-state index in [1.165, 1.54) is 69.0 Å². The van der Waals surface area contributed by atoms with Crippen LogP contribution in [-0.4, -0.2) is 55.6 Å². The molecule has 1 aromatic heterocycles. The van der Waals surface area contributed by atoms with Crippen LogP contribution in [0.2, 0.25) is 0 Å². The highest BCUT2D eigenvalue weighted by atomic mass is 32.2. The number of nitrogens with one attached hydrogen (secondary N) is 1. The fourth-order valence-corrected chi connectivity index (χ4v) is 7.87. The predicted octanol–water partition coefficient (Wildman–Crippen LogP) is 5.72. The van der Waals surface area contributed by atoms with Crippen LogP contribution >= 0.6 is 11.3 Å². The van der Waals surface area contributed by atoms with Crippen LogP contribution in [-0.2, 0) is 10.0 Å². The lowest BCUT2D eigenvalue weighted by molar-refractivity contribution is 0.0691. The Labute approximate surface area is 222 Å². The van der Waals surface area contributed by atoms with E-state index in [4.69, 9.17) is 9.84 Å². The summed E-state index contributed by atoms with van der Waals surface area (Å²) in [5, 5.41) is 11.3. The number of unbranched alkanes of at least 4 members (excludes halogenated alkanes) is 1. The summed E-state index contributed by atoms with van der Waals surface area (Å²) in [6.07, 6.45) is 10.7. The third kappa shape index (κ3) is 6.61. The maximum absolute atomic E-state index is 14.2. The summed E-state index contributed by atoms with van der Waals surface area (Å²) >= 11 is 1.33. The monoisotopic (exact) mass is 553 g/mol. The Bertz CT molecular complexity index is 1190. The van der Waals surface area contributed by atoms with E-state index in [0.29, 0.717) is 6.04 Å². The number of likely N-dealkylation sites (tertiary alicyclic amines) is 1. The normalized spacial score (nSPS) is 21.6. The van der Waals surface area contributed by atoms with Crippen LogP contribution in [0.5, 0.6) is 5.75 Å². The number of rotatable bonds is 10. The van der Waals surface area contributed by atoms with Crippen molar-refractivity contribution in [2.24, 2.45) is 5.92 Å². The fraction of sp³-hybridized carbons (Fsp3) is 0.615. The van der Waals surface area contributed by atoms with Gasteiger partial charge < -0.3 is 14.7 Å². The molecule has 2 fully saturated rings. The van der Waals surface area contributed by atoms with Crippen LogP contribution in [0, 0.1) is 11.7 Å². The van der Waals surface area contributed by atoms with E-state index < -0.39 is 27.4 Å². The van der Waals surface area contributed by atoms with Gasteiger partial charge in [-0.1, -0.05) is 26.2 Å². The molecule has 1 aromatic carbocycles. The van der Waals surface area contributed by atoms with E-state index in [-0.39, 0.29) is 22.4 Å². The van der Waals surface area contributed by atoms with Gasteiger partial charge in [-0.25, -0.2) is 14.2 Å². The molecule has 204 valence electrons. The molecule has 4 rings (SSSR count). The first-order chi connectivity index (χ1) is 17.7. The van der Waals surface area contributed by atoms with Gasteiger partial charge in [0.25, 0.3) is 10.0 Å². The van der Waals surface area contributed by atoms with Gasteiger partial charge in [0.1, 0.15) is 11.6 Å². The zero-order valence-corrected chi connectivity index (χ0v) is 23.0. The molecular formula is C26H36FN3O5S2. The summed E-state index contributed by atoms with van der Waals surface area (Å²) in [5.41, 5.74) is -0.786. The summed E-state index contributed by atoms with van der Waals surface area (Å²) in [5.74, 6) is -1.52. The lowest BCUT2D eigenvalue weighted by atomic mass is 9.84. The molecule has 37 heavy (non-hydrogen) atoms. The predicted molar refractivity (Wildman–Crippen MR) is 142 cm³/mol. The topological polar surface area (TPSA) is 109 Å². The van der Waals surface area contributed by atoms with Gasteiger partial charge in [-0.15, -0.1) is 11.3 Å². The van der Waals surface area contributed by atoms with Crippen LogP contribution in [0.3, 0.4) is 0 Å². The van der Waals surface area contributed by atoms with Crippen LogP contribution in [0.15, 0.2) is 22.5 Å². The average Bonchev–Trinajstić information content (AvgIpc) is 3.39. The first-order valence-corrected chi connectivity index (χ1v) is 15.4. The van der Waals surface area contributed by atoms with Crippen molar-refractivity contribution in [1.82, 2.24) is 9.88 Å². The van der Waals surface area contributed by atoms with Crippen molar-refractivity contribution in [3.05, 3.63) is 33.9 Å². The van der Waals surface area contributed by atoms with Gasteiger partial charge in [-0.2, -0.15) is 8.42 Å². The van der Waals surface area contributed by atoms with Crippen molar-refractivity contribution in [3.8, 4) is 5.75 Å². The number of sulfonamides is 1. The van der Waals surface area contributed by atoms with E-state index in [1.54, 1.807) is 0 Å². The summed E-state index contributed by atoms with van der Waals surface area (Å²) in [7, 11) is -2.85. The minimum atomic E-state index is -4.11. The molecule has 1 aliphatic heterocycles. The van der Waals surface area contributed by atoms with Crippen molar-refractivity contribution in [3.63, 3.8) is 0 Å². The second-order valence-corrected chi connectivity index (χ2v) is 12.6. The highest BCUT2D eigenvalue weighted by Gasteiger charge is 2.31. The Morgan fingerprint density at radius 1 is 1.22 bits per heavy atom. The number of aromatic carboxylic acids is 1. The van der Waals surface area contributed by atoms with E-state index >= 15 is 0 Å². The van der Waals surface area contributed by atoms with Crippen molar-refractivity contribution in [2.45, 2.75) is 81.7 Å². The molecule has 0 amide bonds. The first-order valence-electron chi connectivity index (χ1n) is 13.0. The zero-order chi connectivity index (χ0) is 26.6. The average molecular weight is 554 g/mol. The van der Waals surface area contributed by atoms with Crippen molar-refractivity contribution < 1.29 is 27.4 Å². The molecular weight excluding hydrogens is 517 g/mol. The minimum Gasteiger partial charge on any atom is -0.495 e. The summed E-state index contributed by atoms with van der Waals surface area (Å²) in [6, 6.07) is 2.36. The number of hydrogen-bond acceptors (Lipinski definition) is 7. The molecule has 1 saturated heterocycles. The second kappa shape index (κ2) is 12.1. The third-order valence-electron chi connectivity index (χ3n) is 7.72. The number of benzene rings is 1. The van der Waals surface area contributed by atoms with Gasteiger partial charge in [-0.05, 0) is 63.6 Å². The molecule has 2 aliphatic rings. The highest BCUT2D eigenvalue weighted by molar-refractivity contribution is 7.92. The smallest absolute Gasteiger partial charge is 0.338 e. The van der Waals surface area contributed by atoms with Crippen molar-refractivity contribution in [2.75, 3.05) is 24.9 Å². The Kier molecular flexibility index (Phi) is 9.07. The number of methoxy groups -OCH3 is 1. The van der Waals surface area contributed by atoms with Crippen LogP contribution in [0.1, 0.15) is 86.0 Å². The molecule has 2 heterocycles. The van der Waals surface area contributed by atoms with Crippen LogP contribution in [0.4, 0.5) is 10.1 Å². The number of nitrogens with zero attached hydrogens (tertiary/aromatic N) is 2. The molecule has 0 radical (unpaired) electrons.